The van der Waals surface area contributed by atoms with E-state index in [1.165, 1.54) is 12.7 Å². The zero-order valence-corrected chi connectivity index (χ0v) is 22.2. The second kappa shape index (κ2) is 12.3. The fraction of sp³-hybridized carbons (Fsp3) is 0.290. The number of carbonyl (C=O) groups is 1. The van der Waals surface area contributed by atoms with Gasteiger partial charge in [0.05, 0.1) is 19.6 Å². The number of fused-ring (bicyclic) bond motifs is 1. The predicted molar refractivity (Wildman–Crippen MR) is 149 cm³/mol. The van der Waals surface area contributed by atoms with E-state index in [9.17, 15) is 9.59 Å². The van der Waals surface area contributed by atoms with Gasteiger partial charge >= 0.3 is 0 Å². The van der Waals surface area contributed by atoms with Gasteiger partial charge in [0.1, 0.15) is 5.58 Å². The topological polar surface area (TPSA) is 87.0 Å². The Morgan fingerprint density at radius 2 is 1.68 bits per heavy atom. The quantitative estimate of drug-likeness (QED) is 0.242. The van der Waals surface area contributed by atoms with Crippen molar-refractivity contribution >= 4 is 22.6 Å². The first-order valence-corrected chi connectivity index (χ1v) is 12.8. The molecule has 0 aliphatic rings. The molecule has 1 unspecified atom stereocenters. The molecule has 0 fully saturated rings. The van der Waals surface area contributed by atoms with E-state index in [0.717, 1.165) is 19.3 Å². The van der Waals surface area contributed by atoms with Crippen molar-refractivity contribution < 1.29 is 23.4 Å². The molecule has 1 heterocycles. The number of hydrogen-bond donors (Lipinski definition) is 1. The van der Waals surface area contributed by atoms with Crippen molar-refractivity contribution in [2.24, 2.45) is 0 Å². The van der Waals surface area contributed by atoms with Gasteiger partial charge in [0.15, 0.2) is 23.4 Å². The predicted octanol–water partition coefficient (Wildman–Crippen LogP) is 6.62. The van der Waals surface area contributed by atoms with Gasteiger partial charge in [-0.3, -0.25) is 9.59 Å². The molecule has 7 nitrogen and oxygen atoms in total. The van der Waals surface area contributed by atoms with Crippen molar-refractivity contribution in [1.82, 2.24) is 0 Å². The van der Waals surface area contributed by atoms with Crippen LogP contribution in [-0.4, -0.2) is 26.2 Å². The average molecular weight is 516 g/mol. The highest BCUT2D eigenvalue weighted by molar-refractivity contribution is 5.94. The first-order chi connectivity index (χ1) is 18.5. The van der Waals surface area contributed by atoms with Crippen LogP contribution in [-0.2, 0) is 11.2 Å². The van der Waals surface area contributed by atoms with Crippen LogP contribution in [0.3, 0.4) is 0 Å². The van der Waals surface area contributed by atoms with E-state index < -0.39 is 6.10 Å². The van der Waals surface area contributed by atoms with Gasteiger partial charge in [-0.25, -0.2) is 0 Å². The molecule has 0 spiro atoms. The van der Waals surface area contributed by atoms with Crippen LogP contribution in [0, 0.1) is 0 Å². The number of rotatable bonds is 11. The van der Waals surface area contributed by atoms with E-state index in [2.05, 4.69) is 12.2 Å². The molecule has 0 aliphatic carbocycles. The average Bonchev–Trinajstić information content (AvgIpc) is 2.95. The van der Waals surface area contributed by atoms with Crippen molar-refractivity contribution in [3.8, 4) is 28.6 Å². The van der Waals surface area contributed by atoms with Crippen LogP contribution in [0.4, 0.5) is 5.69 Å². The minimum absolute atomic E-state index is 0.0344. The summed E-state index contributed by atoms with van der Waals surface area (Å²) in [4.78, 5) is 26.8. The third-order valence-corrected chi connectivity index (χ3v) is 6.37. The Balaban J connectivity index is 1.68. The number of nitrogens with one attached hydrogen (secondary N) is 1. The molecular formula is C31H33NO6. The zero-order valence-electron chi connectivity index (χ0n) is 22.2. The number of ether oxygens (including phenoxy) is 3. The zero-order chi connectivity index (χ0) is 27.1. The number of amides is 1. The second-order valence-corrected chi connectivity index (χ2v) is 8.96. The van der Waals surface area contributed by atoms with E-state index in [1.54, 1.807) is 49.6 Å². The standard InChI is InChI=1S/C31H33NO6/c1-5-7-10-20-13-16-22(17-14-20)32-31(34)24(6-2)37-30-28(33)23-11-8-9-12-25(23)38-29(30)21-15-18-26(35-3)27(19-21)36-4/h8-9,11-19,24H,5-7,10H2,1-4H3,(H,32,34). The molecule has 0 radical (unpaired) electrons. The number of carbonyl (C=O) groups excluding carboxylic acids is 1. The summed E-state index contributed by atoms with van der Waals surface area (Å²) < 4.78 is 23.1. The highest BCUT2D eigenvalue weighted by atomic mass is 16.5. The van der Waals surface area contributed by atoms with Gasteiger partial charge in [0.2, 0.25) is 11.2 Å². The van der Waals surface area contributed by atoms with E-state index in [-0.39, 0.29) is 22.8 Å². The maximum absolute atomic E-state index is 13.6. The van der Waals surface area contributed by atoms with E-state index in [4.69, 9.17) is 18.6 Å². The summed E-state index contributed by atoms with van der Waals surface area (Å²) in [5.41, 5.74) is 2.50. The lowest BCUT2D eigenvalue weighted by Gasteiger charge is -2.19. The molecule has 38 heavy (non-hydrogen) atoms. The smallest absolute Gasteiger partial charge is 0.265 e. The Morgan fingerprint density at radius 3 is 2.37 bits per heavy atom. The summed E-state index contributed by atoms with van der Waals surface area (Å²) in [5.74, 6) is 0.834. The van der Waals surface area contributed by atoms with Gasteiger partial charge in [-0.15, -0.1) is 0 Å². The number of para-hydroxylation sites is 1. The summed E-state index contributed by atoms with van der Waals surface area (Å²) >= 11 is 0. The SMILES string of the molecule is CCCCc1ccc(NC(=O)C(CC)Oc2c(-c3ccc(OC)c(OC)c3)oc3ccccc3c2=O)cc1. The Hall–Kier alpha value is -4.26. The Labute approximate surface area is 222 Å². The highest BCUT2D eigenvalue weighted by Crippen LogP contribution is 2.37. The van der Waals surface area contributed by atoms with E-state index in [1.807, 2.05) is 31.2 Å². The van der Waals surface area contributed by atoms with Gasteiger partial charge < -0.3 is 23.9 Å². The monoisotopic (exact) mass is 515 g/mol. The fourth-order valence-corrected chi connectivity index (χ4v) is 4.22. The van der Waals surface area contributed by atoms with Crippen LogP contribution >= 0.6 is 0 Å². The minimum atomic E-state index is -0.919. The van der Waals surface area contributed by atoms with Crippen molar-refractivity contribution in [3.63, 3.8) is 0 Å². The first-order valence-electron chi connectivity index (χ1n) is 12.8. The van der Waals surface area contributed by atoms with Crippen LogP contribution in [0.1, 0.15) is 38.7 Å². The molecule has 198 valence electrons. The van der Waals surface area contributed by atoms with Crippen LogP contribution in [0.15, 0.2) is 75.9 Å². The third-order valence-electron chi connectivity index (χ3n) is 6.37. The maximum Gasteiger partial charge on any atom is 0.265 e. The number of unbranched alkanes of at least 4 members (excludes halogenated alkanes) is 1. The lowest BCUT2D eigenvalue weighted by atomic mass is 10.1. The molecular weight excluding hydrogens is 482 g/mol. The van der Waals surface area contributed by atoms with Gasteiger partial charge in [0.25, 0.3) is 5.91 Å². The van der Waals surface area contributed by atoms with Gasteiger partial charge in [-0.1, -0.05) is 44.5 Å². The minimum Gasteiger partial charge on any atom is -0.493 e. The number of benzene rings is 3. The molecule has 4 rings (SSSR count). The fourth-order valence-electron chi connectivity index (χ4n) is 4.22. The summed E-state index contributed by atoms with van der Waals surface area (Å²) in [6.07, 6.45) is 2.67. The second-order valence-electron chi connectivity index (χ2n) is 8.96. The lowest BCUT2D eigenvalue weighted by Crippen LogP contribution is -2.34. The van der Waals surface area contributed by atoms with Gasteiger partial charge in [0, 0.05) is 11.3 Å². The van der Waals surface area contributed by atoms with Gasteiger partial charge in [-0.05, 0) is 67.3 Å². The summed E-state index contributed by atoms with van der Waals surface area (Å²) in [7, 11) is 3.08. The molecule has 1 atom stereocenters. The summed E-state index contributed by atoms with van der Waals surface area (Å²) in [6.45, 7) is 3.99. The molecule has 0 saturated heterocycles. The van der Waals surface area contributed by atoms with Crippen LogP contribution in [0.5, 0.6) is 17.2 Å². The van der Waals surface area contributed by atoms with Crippen LogP contribution in [0.2, 0.25) is 0 Å². The maximum atomic E-state index is 13.6. The summed E-state index contributed by atoms with van der Waals surface area (Å²) in [6, 6.07) is 19.9. The van der Waals surface area contributed by atoms with Crippen molar-refractivity contribution in [1.29, 1.82) is 0 Å². The molecule has 1 N–H and O–H groups in total. The Kier molecular flexibility index (Phi) is 8.69. The normalized spacial score (nSPS) is 11.7. The number of methoxy groups -OCH3 is 2. The molecule has 1 aromatic heterocycles. The largest absolute Gasteiger partial charge is 0.493 e. The third kappa shape index (κ3) is 5.83. The molecule has 1 amide bonds. The molecule has 3 aromatic carbocycles. The lowest BCUT2D eigenvalue weighted by molar-refractivity contribution is -0.122. The summed E-state index contributed by atoms with van der Waals surface area (Å²) in [5, 5.41) is 3.28. The number of aryl methyl sites for hydroxylation is 1. The first kappa shape index (κ1) is 26.8. The van der Waals surface area contributed by atoms with E-state index in [0.29, 0.717) is 40.1 Å². The van der Waals surface area contributed by atoms with Crippen molar-refractivity contribution in [2.75, 3.05) is 19.5 Å². The molecule has 7 heteroatoms. The van der Waals surface area contributed by atoms with E-state index >= 15 is 0 Å². The Bertz CT molecular complexity index is 1460. The number of anilines is 1. The van der Waals surface area contributed by atoms with Gasteiger partial charge in [-0.2, -0.15) is 0 Å². The van der Waals surface area contributed by atoms with Crippen molar-refractivity contribution in [3.05, 3.63) is 82.5 Å². The molecule has 4 aromatic rings. The van der Waals surface area contributed by atoms with Crippen LogP contribution < -0.4 is 25.0 Å². The van der Waals surface area contributed by atoms with Crippen molar-refractivity contribution in [2.45, 2.75) is 45.6 Å². The Morgan fingerprint density at radius 1 is 0.947 bits per heavy atom. The molecule has 0 bridgehead atoms. The number of hydrogen-bond acceptors (Lipinski definition) is 6. The van der Waals surface area contributed by atoms with Crippen LogP contribution in [0.25, 0.3) is 22.3 Å². The molecule has 0 saturated carbocycles. The highest BCUT2D eigenvalue weighted by Gasteiger charge is 2.25. The molecule has 0 aliphatic heterocycles.